The third-order valence-corrected chi connectivity index (χ3v) is 7.59. The highest BCUT2D eigenvalue weighted by molar-refractivity contribution is 7.89. The van der Waals surface area contributed by atoms with Crippen LogP contribution in [0.1, 0.15) is 11.1 Å². The van der Waals surface area contributed by atoms with Crippen LogP contribution in [0.15, 0.2) is 41.3 Å². The van der Waals surface area contributed by atoms with Gasteiger partial charge in [-0.2, -0.15) is 9.57 Å². The summed E-state index contributed by atoms with van der Waals surface area (Å²) in [5, 5.41) is 29.6. The molecule has 0 spiro atoms. The first-order chi connectivity index (χ1) is 13.6. The second kappa shape index (κ2) is 8.19. The first-order valence-corrected chi connectivity index (χ1v) is 10.8. The molecule has 2 atom stereocenters. The van der Waals surface area contributed by atoms with E-state index < -0.39 is 34.0 Å². The number of aliphatic hydroxyl groups is 2. The van der Waals surface area contributed by atoms with E-state index in [1.165, 1.54) is 36.4 Å². The molecule has 0 radical (unpaired) electrons. The van der Waals surface area contributed by atoms with Gasteiger partial charge in [-0.1, -0.05) is 29.3 Å². The van der Waals surface area contributed by atoms with Crippen molar-refractivity contribution in [2.75, 3.05) is 19.7 Å². The molecule has 10 heteroatoms. The van der Waals surface area contributed by atoms with Gasteiger partial charge < -0.3 is 10.2 Å². The topological polar surface area (TPSA) is 102 Å². The Morgan fingerprint density at radius 3 is 2.59 bits per heavy atom. The standard InChI is InChI=1S/C19H17Cl2FN2O4S/c20-15-3-4-18(16(21)7-15)29(27,28)24-9-14(19(26,10-24)11-25)5-12-1-2-13(8-23)17(22)6-12/h1-4,6-7,14,25-26H,5,9-11H2/t14-,19?/m0/s1. The van der Waals surface area contributed by atoms with Crippen molar-refractivity contribution in [1.82, 2.24) is 4.31 Å². The number of β-amino-alcohol motifs (C(OH)–C–C–N with tert-alkyl or cyclic N) is 1. The summed E-state index contributed by atoms with van der Waals surface area (Å²) in [4.78, 5) is -0.158. The third-order valence-electron chi connectivity index (χ3n) is 5.06. The molecule has 2 aromatic carbocycles. The quantitative estimate of drug-likeness (QED) is 0.716. The number of aliphatic hydroxyl groups excluding tert-OH is 1. The smallest absolute Gasteiger partial charge is 0.244 e. The Bertz CT molecular complexity index is 1090. The zero-order valence-electron chi connectivity index (χ0n) is 15.0. The number of benzene rings is 2. The molecular formula is C19H17Cl2FN2O4S. The summed E-state index contributed by atoms with van der Waals surface area (Å²) in [6.45, 7) is -1.11. The molecule has 1 aliphatic heterocycles. The van der Waals surface area contributed by atoms with Gasteiger partial charge in [-0.3, -0.25) is 0 Å². The maximum absolute atomic E-state index is 13.9. The van der Waals surface area contributed by atoms with E-state index >= 15 is 0 Å². The zero-order chi connectivity index (χ0) is 21.4. The van der Waals surface area contributed by atoms with E-state index in [1.54, 1.807) is 6.07 Å². The third kappa shape index (κ3) is 4.26. The van der Waals surface area contributed by atoms with Crippen LogP contribution < -0.4 is 0 Å². The van der Waals surface area contributed by atoms with Crippen LogP contribution in [-0.2, 0) is 16.4 Å². The van der Waals surface area contributed by atoms with Crippen molar-refractivity contribution in [3.05, 3.63) is 63.4 Å². The highest BCUT2D eigenvalue weighted by atomic mass is 35.5. The van der Waals surface area contributed by atoms with Crippen molar-refractivity contribution in [1.29, 1.82) is 5.26 Å². The van der Waals surface area contributed by atoms with Gasteiger partial charge in [0.05, 0.1) is 17.2 Å². The van der Waals surface area contributed by atoms with Crippen molar-refractivity contribution >= 4 is 33.2 Å². The van der Waals surface area contributed by atoms with Crippen molar-refractivity contribution in [3.63, 3.8) is 0 Å². The van der Waals surface area contributed by atoms with E-state index in [-0.39, 0.29) is 40.0 Å². The second-order valence-electron chi connectivity index (χ2n) is 6.96. The molecule has 1 unspecified atom stereocenters. The van der Waals surface area contributed by atoms with Crippen molar-refractivity contribution in [3.8, 4) is 6.07 Å². The highest BCUT2D eigenvalue weighted by Crippen LogP contribution is 2.36. The van der Waals surface area contributed by atoms with Crippen LogP contribution in [0.5, 0.6) is 0 Å². The van der Waals surface area contributed by atoms with Gasteiger partial charge in [0.1, 0.15) is 22.4 Å². The lowest BCUT2D eigenvalue weighted by atomic mass is 9.86. The van der Waals surface area contributed by atoms with Crippen LogP contribution in [0, 0.1) is 23.1 Å². The minimum Gasteiger partial charge on any atom is -0.393 e. The summed E-state index contributed by atoms with van der Waals surface area (Å²) in [6, 6.07) is 9.73. The van der Waals surface area contributed by atoms with Crippen LogP contribution >= 0.6 is 23.2 Å². The summed E-state index contributed by atoms with van der Waals surface area (Å²) >= 11 is 11.9. The molecule has 0 amide bonds. The lowest BCUT2D eigenvalue weighted by molar-refractivity contribution is -0.0340. The fourth-order valence-electron chi connectivity index (χ4n) is 3.42. The van der Waals surface area contributed by atoms with E-state index in [9.17, 15) is 23.0 Å². The lowest BCUT2D eigenvalue weighted by Gasteiger charge is -2.26. The molecule has 2 N–H and O–H groups in total. The van der Waals surface area contributed by atoms with Crippen LogP contribution in [0.4, 0.5) is 4.39 Å². The molecule has 0 saturated carbocycles. The summed E-state index contributed by atoms with van der Waals surface area (Å²) < 4.78 is 41.0. The van der Waals surface area contributed by atoms with Gasteiger partial charge in [-0.15, -0.1) is 0 Å². The maximum Gasteiger partial charge on any atom is 0.244 e. The predicted molar refractivity (Wildman–Crippen MR) is 106 cm³/mol. The van der Waals surface area contributed by atoms with Gasteiger partial charge in [0, 0.05) is 24.0 Å². The Balaban J connectivity index is 1.89. The molecule has 1 fully saturated rings. The normalized spacial score (nSPS) is 22.6. The zero-order valence-corrected chi connectivity index (χ0v) is 17.3. The average Bonchev–Trinajstić information content (AvgIpc) is 2.99. The molecule has 6 nitrogen and oxygen atoms in total. The van der Waals surface area contributed by atoms with Crippen molar-refractivity contribution < 1.29 is 23.0 Å². The average molecular weight is 459 g/mol. The number of hydrogen-bond acceptors (Lipinski definition) is 5. The van der Waals surface area contributed by atoms with Gasteiger partial charge in [-0.05, 0) is 42.3 Å². The summed E-state index contributed by atoms with van der Waals surface area (Å²) in [5.41, 5.74) is -1.35. The molecule has 29 heavy (non-hydrogen) atoms. The SMILES string of the molecule is N#Cc1ccc(C[C@H]2CN(S(=O)(=O)c3ccc(Cl)cc3Cl)CC2(O)CO)cc1F. The minimum absolute atomic E-state index is 0.0531. The Morgan fingerprint density at radius 1 is 1.28 bits per heavy atom. The summed E-state index contributed by atoms with van der Waals surface area (Å²) in [5.74, 6) is -1.39. The van der Waals surface area contributed by atoms with Crippen LogP contribution in [-0.4, -0.2) is 48.2 Å². The second-order valence-corrected chi connectivity index (χ2v) is 9.71. The predicted octanol–water partition coefficient (Wildman–Crippen LogP) is 2.59. The molecular weight excluding hydrogens is 442 g/mol. The van der Waals surface area contributed by atoms with Gasteiger partial charge in [0.2, 0.25) is 10.0 Å². The Labute approximate surface area is 177 Å². The largest absolute Gasteiger partial charge is 0.393 e. The first-order valence-electron chi connectivity index (χ1n) is 8.57. The molecule has 1 saturated heterocycles. The number of hydrogen-bond donors (Lipinski definition) is 2. The number of nitrogens with zero attached hydrogens (tertiary/aromatic N) is 2. The summed E-state index contributed by atoms with van der Waals surface area (Å²) in [6.07, 6.45) is 0.111. The summed E-state index contributed by atoms with van der Waals surface area (Å²) in [7, 11) is -4.06. The highest BCUT2D eigenvalue weighted by Gasteiger charge is 2.49. The Morgan fingerprint density at radius 2 is 2.00 bits per heavy atom. The van der Waals surface area contributed by atoms with E-state index in [1.807, 2.05) is 0 Å². The van der Waals surface area contributed by atoms with E-state index in [4.69, 9.17) is 28.5 Å². The van der Waals surface area contributed by atoms with Crippen molar-refractivity contribution in [2.45, 2.75) is 16.9 Å². The number of halogens is 3. The van der Waals surface area contributed by atoms with Gasteiger partial charge in [0.25, 0.3) is 0 Å². The fraction of sp³-hybridized carbons (Fsp3) is 0.316. The van der Waals surface area contributed by atoms with Crippen LogP contribution in [0.2, 0.25) is 10.0 Å². The van der Waals surface area contributed by atoms with Crippen LogP contribution in [0.3, 0.4) is 0 Å². The van der Waals surface area contributed by atoms with Gasteiger partial charge >= 0.3 is 0 Å². The molecule has 3 rings (SSSR count). The monoisotopic (exact) mass is 458 g/mol. The molecule has 1 aliphatic rings. The van der Waals surface area contributed by atoms with E-state index in [0.29, 0.717) is 5.56 Å². The van der Waals surface area contributed by atoms with E-state index in [2.05, 4.69) is 0 Å². The van der Waals surface area contributed by atoms with Gasteiger partial charge in [-0.25, -0.2) is 12.8 Å². The molecule has 154 valence electrons. The first kappa shape index (κ1) is 22.0. The molecule has 2 aromatic rings. The Hall–Kier alpha value is -1.73. The molecule has 0 bridgehead atoms. The molecule has 0 aliphatic carbocycles. The fourth-order valence-corrected chi connectivity index (χ4v) is 5.71. The lowest BCUT2D eigenvalue weighted by Crippen LogP contribution is -2.43. The van der Waals surface area contributed by atoms with E-state index in [0.717, 1.165) is 4.31 Å². The van der Waals surface area contributed by atoms with Gasteiger partial charge in [0.15, 0.2) is 0 Å². The number of rotatable bonds is 5. The van der Waals surface area contributed by atoms with Crippen molar-refractivity contribution in [2.24, 2.45) is 5.92 Å². The minimum atomic E-state index is -4.06. The Kier molecular flexibility index (Phi) is 6.20. The van der Waals surface area contributed by atoms with Crippen LogP contribution in [0.25, 0.3) is 0 Å². The maximum atomic E-state index is 13.9. The molecule has 0 aromatic heterocycles. The molecule has 1 heterocycles. The number of sulfonamides is 1. The number of nitriles is 1.